The van der Waals surface area contributed by atoms with Crippen molar-refractivity contribution in [2.24, 2.45) is 11.8 Å². The van der Waals surface area contributed by atoms with Gasteiger partial charge in [-0.1, -0.05) is 57.2 Å². The second kappa shape index (κ2) is 10.6. The lowest BCUT2D eigenvalue weighted by atomic mass is 9.81. The number of rotatable bonds is 8. The van der Waals surface area contributed by atoms with Gasteiger partial charge in [-0.2, -0.15) is 0 Å². The molecule has 1 unspecified atom stereocenters. The maximum absolute atomic E-state index is 12.6. The van der Waals surface area contributed by atoms with Gasteiger partial charge >= 0.3 is 6.03 Å². The zero-order valence-corrected chi connectivity index (χ0v) is 20.2. The molecule has 3 rings (SSSR count). The van der Waals surface area contributed by atoms with Crippen molar-refractivity contribution >= 4 is 49.0 Å². The van der Waals surface area contributed by atoms with Gasteiger partial charge in [-0.3, -0.25) is 4.72 Å². The van der Waals surface area contributed by atoms with Crippen LogP contribution >= 0.6 is 27.3 Å². The van der Waals surface area contributed by atoms with Crippen molar-refractivity contribution in [1.29, 1.82) is 0 Å². The number of carbonyl (C=O) groups excluding carboxylic acids is 1. The second-order valence-corrected chi connectivity index (χ2v) is 12.1. The number of benzene rings is 1. The molecule has 1 aromatic carbocycles. The summed E-state index contributed by atoms with van der Waals surface area (Å²) in [6.07, 6.45) is 6.40. The summed E-state index contributed by atoms with van der Waals surface area (Å²) in [5, 5.41) is 5.79. The van der Waals surface area contributed by atoms with E-state index in [4.69, 9.17) is 0 Å². The van der Waals surface area contributed by atoms with E-state index in [9.17, 15) is 13.2 Å². The monoisotopic (exact) mass is 513 g/mol. The van der Waals surface area contributed by atoms with Crippen LogP contribution in [0, 0.1) is 11.8 Å². The van der Waals surface area contributed by atoms with Crippen molar-refractivity contribution in [2.75, 3.05) is 11.3 Å². The molecule has 1 heterocycles. The lowest BCUT2D eigenvalue weighted by molar-refractivity contribution is 0.228. The summed E-state index contributed by atoms with van der Waals surface area (Å²) in [7, 11) is -3.68. The first-order valence-electron chi connectivity index (χ1n) is 10.2. The molecular formula is C21H28BrN3O3S2. The van der Waals surface area contributed by atoms with E-state index in [-0.39, 0.29) is 16.8 Å². The number of hydrogen-bond acceptors (Lipinski definition) is 4. The van der Waals surface area contributed by atoms with Gasteiger partial charge in [0.05, 0.1) is 9.47 Å². The van der Waals surface area contributed by atoms with Gasteiger partial charge in [-0.15, -0.1) is 11.3 Å². The van der Waals surface area contributed by atoms with E-state index in [0.29, 0.717) is 29.6 Å². The van der Waals surface area contributed by atoms with Crippen LogP contribution in [0.1, 0.15) is 44.6 Å². The third-order valence-corrected chi connectivity index (χ3v) is 9.03. The largest absolute Gasteiger partial charge is 0.338 e. The predicted octanol–water partition coefficient (Wildman–Crippen LogP) is 5.33. The van der Waals surface area contributed by atoms with Crippen molar-refractivity contribution in [2.45, 2.75) is 49.8 Å². The quantitative estimate of drug-likeness (QED) is 0.445. The van der Waals surface area contributed by atoms with Crippen LogP contribution in [0.25, 0.3) is 0 Å². The van der Waals surface area contributed by atoms with Gasteiger partial charge in [0.25, 0.3) is 10.0 Å². The standard InChI is InChI=1S/C21H28BrN3O3S2/c1-15(16-7-3-2-4-8-16)13-23-21(26)24-14-17-9-5-6-10-18(17)25-30(27,28)20-12-11-19(22)29-20/h5-6,9-12,15-16,25H,2-4,7-8,13-14H2,1H3,(H2,23,24,26). The first-order chi connectivity index (χ1) is 14.3. The van der Waals surface area contributed by atoms with E-state index in [1.165, 1.54) is 32.1 Å². The minimum atomic E-state index is -3.68. The van der Waals surface area contributed by atoms with Crippen LogP contribution in [0.3, 0.4) is 0 Å². The lowest BCUT2D eigenvalue weighted by Crippen LogP contribution is -2.39. The molecule has 0 radical (unpaired) electrons. The van der Waals surface area contributed by atoms with Crippen LogP contribution in [0.5, 0.6) is 0 Å². The second-order valence-electron chi connectivity index (χ2n) is 7.76. The number of urea groups is 1. The van der Waals surface area contributed by atoms with E-state index < -0.39 is 10.0 Å². The third-order valence-electron chi connectivity index (χ3n) is 5.55. The predicted molar refractivity (Wildman–Crippen MR) is 125 cm³/mol. The molecule has 1 aliphatic rings. The molecule has 9 heteroatoms. The maximum atomic E-state index is 12.6. The molecule has 1 aliphatic carbocycles. The molecule has 0 bridgehead atoms. The number of halogens is 1. The van der Waals surface area contributed by atoms with E-state index in [0.717, 1.165) is 15.1 Å². The first-order valence-corrected chi connectivity index (χ1v) is 13.3. The molecule has 3 N–H and O–H groups in total. The highest BCUT2D eigenvalue weighted by atomic mass is 79.9. The van der Waals surface area contributed by atoms with E-state index in [2.05, 4.69) is 38.2 Å². The van der Waals surface area contributed by atoms with E-state index in [1.54, 1.807) is 30.3 Å². The highest BCUT2D eigenvalue weighted by Crippen LogP contribution is 2.30. The molecule has 1 atom stereocenters. The SMILES string of the molecule is CC(CNC(=O)NCc1ccccc1NS(=O)(=O)c1ccc(Br)s1)C1CCCCC1. The molecule has 2 amide bonds. The molecular weight excluding hydrogens is 486 g/mol. The van der Waals surface area contributed by atoms with Gasteiger partial charge < -0.3 is 10.6 Å². The van der Waals surface area contributed by atoms with Crippen LogP contribution in [-0.2, 0) is 16.6 Å². The molecule has 0 spiro atoms. The van der Waals surface area contributed by atoms with E-state index >= 15 is 0 Å². The van der Waals surface area contributed by atoms with E-state index in [1.807, 2.05) is 6.07 Å². The molecule has 2 aromatic rings. The molecule has 0 aliphatic heterocycles. The van der Waals surface area contributed by atoms with Gasteiger partial charge in [0.2, 0.25) is 0 Å². The molecule has 164 valence electrons. The molecule has 1 fully saturated rings. The van der Waals surface area contributed by atoms with Gasteiger partial charge in [0.1, 0.15) is 4.21 Å². The van der Waals surface area contributed by atoms with Crippen molar-refractivity contribution < 1.29 is 13.2 Å². The Kier molecular flexibility index (Phi) is 8.19. The Morgan fingerprint density at radius 3 is 2.57 bits per heavy atom. The van der Waals surface area contributed by atoms with Crippen molar-refractivity contribution in [1.82, 2.24) is 10.6 Å². The highest BCUT2D eigenvalue weighted by molar-refractivity contribution is 9.11. The van der Waals surface area contributed by atoms with Gasteiger partial charge in [-0.25, -0.2) is 13.2 Å². The fourth-order valence-corrected chi connectivity index (χ4v) is 6.88. The van der Waals surface area contributed by atoms with Crippen molar-refractivity contribution in [3.8, 4) is 0 Å². The zero-order chi connectivity index (χ0) is 21.6. The first kappa shape index (κ1) is 23.1. The Labute approximate surface area is 191 Å². The van der Waals surface area contributed by atoms with Gasteiger partial charge in [0.15, 0.2) is 0 Å². The Balaban J connectivity index is 1.54. The Hall–Kier alpha value is -1.58. The van der Waals surface area contributed by atoms with Gasteiger partial charge in [-0.05, 0) is 51.5 Å². The lowest BCUT2D eigenvalue weighted by Gasteiger charge is -2.27. The fraction of sp³-hybridized carbons (Fsp3) is 0.476. The number of para-hydroxylation sites is 1. The average molecular weight is 515 g/mol. The maximum Gasteiger partial charge on any atom is 0.315 e. The number of anilines is 1. The Morgan fingerprint density at radius 2 is 1.87 bits per heavy atom. The highest BCUT2D eigenvalue weighted by Gasteiger charge is 2.21. The fourth-order valence-electron chi connectivity index (χ4n) is 3.77. The number of nitrogens with one attached hydrogen (secondary N) is 3. The summed E-state index contributed by atoms with van der Waals surface area (Å²) in [6.45, 7) is 3.08. The third kappa shape index (κ3) is 6.46. The number of sulfonamides is 1. The number of amides is 2. The summed E-state index contributed by atoms with van der Waals surface area (Å²) in [5.41, 5.74) is 1.16. The molecule has 1 saturated carbocycles. The van der Waals surface area contributed by atoms with Crippen molar-refractivity contribution in [3.05, 3.63) is 45.7 Å². The summed E-state index contributed by atoms with van der Waals surface area (Å²) in [5.74, 6) is 1.15. The van der Waals surface area contributed by atoms with Crippen LogP contribution in [0.4, 0.5) is 10.5 Å². The van der Waals surface area contributed by atoms with Crippen LogP contribution in [-0.4, -0.2) is 21.0 Å². The molecule has 0 saturated heterocycles. The Bertz CT molecular complexity index is 956. The van der Waals surface area contributed by atoms with Crippen LogP contribution in [0.15, 0.2) is 44.4 Å². The molecule has 1 aromatic heterocycles. The zero-order valence-electron chi connectivity index (χ0n) is 17.0. The number of thiophene rings is 1. The Morgan fingerprint density at radius 1 is 1.13 bits per heavy atom. The van der Waals surface area contributed by atoms with Crippen LogP contribution < -0.4 is 15.4 Å². The smallest absolute Gasteiger partial charge is 0.315 e. The minimum Gasteiger partial charge on any atom is -0.338 e. The summed E-state index contributed by atoms with van der Waals surface area (Å²) >= 11 is 4.43. The normalized spacial score (nSPS) is 16.1. The average Bonchev–Trinajstić information content (AvgIpc) is 3.19. The minimum absolute atomic E-state index is 0.228. The van der Waals surface area contributed by atoms with Gasteiger partial charge in [0, 0.05) is 13.1 Å². The van der Waals surface area contributed by atoms with Crippen LogP contribution in [0.2, 0.25) is 0 Å². The van der Waals surface area contributed by atoms with Crippen molar-refractivity contribution in [3.63, 3.8) is 0 Å². The summed E-state index contributed by atoms with van der Waals surface area (Å²) < 4.78 is 28.8. The molecule has 30 heavy (non-hydrogen) atoms. The molecule has 6 nitrogen and oxygen atoms in total. The number of carbonyl (C=O) groups is 1. The summed E-state index contributed by atoms with van der Waals surface area (Å²) in [4.78, 5) is 12.3. The topological polar surface area (TPSA) is 87.3 Å². The summed E-state index contributed by atoms with van der Waals surface area (Å²) in [6, 6.07) is 10.1. The number of hydrogen-bond donors (Lipinski definition) is 3.